The fourth-order valence-electron chi connectivity index (χ4n) is 0.413. The van der Waals surface area contributed by atoms with Gasteiger partial charge in [-0.1, -0.05) is 0 Å². The van der Waals surface area contributed by atoms with E-state index in [4.69, 9.17) is 5.41 Å². The van der Waals surface area contributed by atoms with E-state index < -0.39 is 0 Å². The molecule has 0 aliphatic heterocycles. The van der Waals surface area contributed by atoms with E-state index in [0.717, 1.165) is 0 Å². The number of hydrogen-bond donors (Lipinski definition) is 2. The molecule has 1 amide bonds. The van der Waals surface area contributed by atoms with Gasteiger partial charge in [-0.3, -0.25) is 4.79 Å². The molecule has 0 aromatic heterocycles. The molecule has 0 radical (unpaired) electrons. The van der Waals surface area contributed by atoms with Crippen LogP contribution in [0.2, 0.25) is 0 Å². The standard InChI is InChI=1S/C6H12N2O/c1-4(7)5(2)8-6(3)9/h5,7H,1-3H3,(H,8,9). The fraction of sp³-hybridized carbons (Fsp3) is 0.667. The quantitative estimate of drug-likeness (QED) is 0.524. The van der Waals surface area contributed by atoms with E-state index in [1.807, 2.05) is 0 Å². The second kappa shape index (κ2) is 3.22. The molecule has 3 heteroatoms. The van der Waals surface area contributed by atoms with Crippen molar-refractivity contribution in [2.24, 2.45) is 0 Å². The van der Waals surface area contributed by atoms with Crippen LogP contribution in [0.5, 0.6) is 0 Å². The predicted molar refractivity (Wildman–Crippen MR) is 36.7 cm³/mol. The van der Waals surface area contributed by atoms with Crippen LogP contribution in [0.25, 0.3) is 0 Å². The highest BCUT2D eigenvalue weighted by Gasteiger charge is 2.02. The van der Waals surface area contributed by atoms with Crippen molar-refractivity contribution >= 4 is 11.6 Å². The zero-order valence-corrected chi connectivity index (χ0v) is 5.99. The summed E-state index contributed by atoms with van der Waals surface area (Å²) in [6.07, 6.45) is 0. The summed E-state index contributed by atoms with van der Waals surface area (Å²) in [6.45, 7) is 4.89. The van der Waals surface area contributed by atoms with Crippen molar-refractivity contribution in [2.75, 3.05) is 0 Å². The summed E-state index contributed by atoms with van der Waals surface area (Å²) in [7, 11) is 0. The smallest absolute Gasteiger partial charge is 0.217 e. The molecule has 1 unspecified atom stereocenters. The maximum atomic E-state index is 10.4. The van der Waals surface area contributed by atoms with Crippen molar-refractivity contribution in [1.82, 2.24) is 5.32 Å². The van der Waals surface area contributed by atoms with Crippen LogP contribution < -0.4 is 5.32 Å². The predicted octanol–water partition coefficient (Wildman–Crippen LogP) is 0.551. The van der Waals surface area contributed by atoms with E-state index in [0.29, 0.717) is 5.71 Å². The monoisotopic (exact) mass is 128 g/mol. The SMILES string of the molecule is CC(=N)C(C)NC(C)=O. The normalized spacial score (nSPS) is 12.3. The van der Waals surface area contributed by atoms with E-state index >= 15 is 0 Å². The first-order chi connectivity index (χ1) is 4.04. The van der Waals surface area contributed by atoms with Crippen molar-refractivity contribution in [3.63, 3.8) is 0 Å². The van der Waals surface area contributed by atoms with Gasteiger partial charge in [0.15, 0.2) is 0 Å². The third-order valence-electron chi connectivity index (χ3n) is 1.07. The highest BCUT2D eigenvalue weighted by molar-refractivity contribution is 5.88. The van der Waals surface area contributed by atoms with Gasteiger partial charge < -0.3 is 10.7 Å². The Hall–Kier alpha value is -0.860. The van der Waals surface area contributed by atoms with Gasteiger partial charge in [0, 0.05) is 12.6 Å². The molecule has 0 saturated heterocycles. The molecule has 0 fully saturated rings. The number of nitrogens with one attached hydrogen (secondary N) is 2. The maximum absolute atomic E-state index is 10.4. The molecule has 52 valence electrons. The van der Waals surface area contributed by atoms with E-state index in [2.05, 4.69) is 5.32 Å². The first kappa shape index (κ1) is 8.14. The minimum absolute atomic E-state index is 0.0888. The Bertz CT molecular complexity index is 131. The number of rotatable bonds is 2. The van der Waals surface area contributed by atoms with Crippen LogP contribution >= 0.6 is 0 Å². The zero-order chi connectivity index (χ0) is 7.44. The molecule has 2 N–H and O–H groups in total. The molecule has 0 aromatic carbocycles. The molecule has 0 heterocycles. The van der Waals surface area contributed by atoms with Gasteiger partial charge in [-0.25, -0.2) is 0 Å². The molecule has 0 spiro atoms. The molecule has 0 saturated carbocycles. The van der Waals surface area contributed by atoms with Crippen molar-refractivity contribution in [2.45, 2.75) is 26.8 Å². The van der Waals surface area contributed by atoms with Gasteiger partial charge in [0.1, 0.15) is 0 Å². The molecule has 3 nitrogen and oxygen atoms in total. The van der Waals surface area contributed by atoms with Crippen LogP contribution in [0, 0.1) is 5.41 Å². The average Bonchev–Trinajstić information content (AvgIpc) is 1.63. The maximum Gasteiger partial charge on any atom is 0.217 e. The van der Waals surface area contributed by atoms with Crippen LogP contribution in [0.3, 0.4) is 0 Å². The molecular formula is C6H12N2O. The average molecular weight is 128 g/mol. The Morgan fingerprint density at radius 3 is 2.11 bits per heavy atom. The van der Waals surface area contributed by atoms with Gasteiger partial charge in [-0.05, 0) is 13.8 Å². The van der Waals surface area contributed by atoms with Crippen molar-refractivity contribution < 1.29 is 4.79 Å². The summed E-state index contributed by atoms with van der Waals surface area (Å²) in [6, 6.07) is -0.123. The van der Waals surface area contributed by atoms with Crippen LogP contribution in [0.15, 0.2) is 0 Å². The lowest BCUT2D eigenvalue weighted by Gasteiger charge is -2.08. The summed E-state index contributed by atoms with van der Waals surface area (Å²) < 4.78 is 0. The Morgan fingerprint density at radius 1 is 1.56 bits per heavy atom. The van der Waals surface area contributed by atoms with Crippen molar-refractivity contribution in [3.05, 3.63) is 0 Å². The summed E-state index contributed by atoms with van der Waals surface area (Å²) in [5.74, 6) is -0.0888. The van der Waals surface area contributed by atoms with Crippen LogP contribution in [-0.2, 0) is 4.79 Å². The number of carbonyl (C=O) groups excluding carboxylic acids is 1. The fourth-order valence-corrected chi connectivity index (χ4v) is 0.413. The minimum atomic E-state index is -0.123. The molecule has 0 aromatic rings. The highest BCUT2D eigenvalue weighted by Crippen LogP contribution is 1.82. The lowest BCUT2D eigenvalue weighted by Crippen LogP contribution is -2.35. The summed E-state index contributed by atoms with van der Waals surface area (Å²) >= 11 is 0. The Kier molecular flexibility index (Phi) is 2.91. The lowest BCUT2D eigenvalue weighted by molar-refractivity contribution is -0.119. The number of carbonyl (C=O) groups is 1. The molecule has 1 atom stereocenters. The van der Waals surface area contributed by atoms with E-state index in [1.165, 1.54) is 6.92 Å². The first-order valence-corrected chi connectivity index (χ1v) is 2.86. The molecule has 0 aliphatic rings. The molecule has 0 rings (SSSR count). The van der Waals surface area contributed by atoms with Crippen LogP contribution in [-0.4, -0.2) is 17.7 Å². The van der Waals surface area contributed by atoms with E-state index in [1.54, 1.807) is 13.8 Å². The Labute approximate surface area is 55.0 Å². The molecular weight excluding hydrogens is 116 g/mol. The minimum Gasteiger partial charge on any atom is -0.349 e. The Morgan fingerprint density at radius 2 is 2.00 bits per heavy atom. The first-order valence-electron chi connectivity index (χ1n) is 2.86. The van der Waals surface area contributed by atoms with Crippen LogP contribution in [0.4, 0.5) is 0 Å². The summed E-state index contributed by atoms with van der Waals surface area (Å²) in [4.78, 5) is 10.4. The number of amides is 1. The van der Waals surface area contributed by atoms with Gasteiger partial charge in [0.2, 0.25) is 5.91 Å². The Balaban J connectivity index is 3.63. The largest absolute Gasteiger partial charge is 0.349 e. The third-order valence-corrected chi connectivity index (χ3v) is 1.07. The van der Waals surface area contributed by atoms with E-state index in [-0.39, 0.29) is 11.9 Å². The highest BCUT2D eigenvalue weighted by atomic mass is 16.1. The summed E-state index contributed by atoms with van der Waals surface area (Å²) in [5.41, 5.74) is 0.477. The second-order valence-electron chi connectivity index (χ2n) is 2.11. The molecule has 0 bridgehead atoms. The zero-order valence-electron chi connectivity index (χ0n) is 5.99. The van der Waals surface area contributed by atoms with Gasteiger partial charge in [0.05, 0.1) is 6.04 Å². The van der Waals surface area contributed by atoms with Gasteiger partial charge in [-0.2, -0.15) is 0 Å². The summed E-state index contributed by atoms with van der Waals surface area (Å²) in [5, 5.41) is 9.66. The van der Waals surface area contributed by atoms with E-state index in [9.17, 15) is 4.79 Å². The topological polar surface area (TPSA) is 53.0 Å². The van der Waals surface area contributed by atoms with Gasteiger partial charge in [0.25, 0.3) is 0 Å². The molecule has 0 aliphatic carbocycles. The van der Waals surface area contributed by atoms with Crippen molar-refractivity contribution in [1.29, 1.82) is 5.41 Å². The molecule has 9 heavy (non-hydrogen) atoms. The van der Waals surface area contributed by atoms with Crippen LogP contribution in [0.1, 0.15) is 20.8 Å². The van der Waals surface area contributed by atoms with Gasteiger partial charge in [-0.15, -0.1) is 0 Å². The third kappa shape index (κ3) is 3.70. The van der Waals surface area contributed by atoms with Gasteiger partial charge >= 0.3 is 0 Å². The second-order valence-corrected chi connectivity index (χ2v) is 2.11. The number of hydrogen-bond acceptors (Lipinski definition) is 2. The van der Waals surface area contributed by atoms with Crippen molar-refractivity contribution in [3.8, 4) is 0 Å². The lowest BCUT2D eigenvalue weighted by atomic mass is 10.2.